The molecular weight excluding hydrogens is 334 g/mol. The number of aromatic nitrogens is 2. The Morgan fingerprint density at radius 3 is 2.69 bits per heavy atom. The molecule has 0 aliphatic carbocycles. The highest BCUT2D eigenvalue weighted by atomic mass is 16.6. The van der Waals surface area contributed by atoms with Crippen LogP contribution in [0.5, 0.6) is 11.5 Å². The van der Waals surface area contributed by atoms with Crippen LogP contribution in [0.2, 0.25) is 0 Å². The number of fused-ring (bicyclic) bond motifs is 1. The van der Waals surface area contributed by atoms with Crippen molar-refractivity contribution >= 4 is 28.4 Å². The first-order chi connectivity index (χ1) is 12.6. The number of hydrogen-bond donors (Lipinski definition) is 1. The van der Waals surface area contributed by atoms with Gasteiger partial charge >= 0.3 is 5.97 Å². The molecule has 1 aromatic heterocycles. The third-order valence-electron chi connectivity index (χ3n) is 3.69. The molecule has 0 unspecified atom stereocenters. The van der Waals surface area contributed by atoms with Crippen LogP contribution in [0.25, 0.3) is 10.9 Å². The standard InChI is InChI=1S/C19H19N3O4/c1-12-5-4-6-13(7-12)22-19-14-8-16(25-3)17(26-18(23)10-24-2)9-15(14)20-11-21-19/h4-9,11H,10H2,1-3H3,(H,20,21,22). The zero-order valence-corrected chi connectivity index (χ0v) is 14.8. The fourth-order valence-electron chi connectivity index (χ4n) is 2.53. The van der Waals surface area contributed by atoms with Gasteiger partial charge in [0.1, 0.15) is 18.8 Å². The Morgan fingerprint density at radius 2 is 1.96 bits per heavy atom. The smallest absolute Gasteiger partial charge is 0.337 e. The Bertz CT molecular complexity index is 943. The summed E-state index contributed by atoms with van der Waals surface area (Å²) in [7, 11) is 2.93. The second kappa shape index (κ2) is 7.79. The van der Waals surface area contributed by atoms with E-state index in [4.69, 9.17) is 14.2 Å². The summed E-state index contributed by atoms with van der Waals surface area (Å²) in [6.07, 6.45) is 1.45. The number of carbonyl (C=O) groups is 1. The van der Waals surface area contributed by atoms with E-state index in [1.54, 1.807) is 12.1 Å². The second-order valence-corrected chi connectivity index (χ2v) is 5.64. The molecule has 0 saturated heterocycles. The number of methoxy groups -OCH3 is 2. The minimum Gasteiger partial charge on any atom is -0.493 e. The van der Waals surface area contributed by atoms with Gasteiger partial charge in [0.15, 0.2) is 11.5 Å². The number of esters is 1. The lowest BCUT2D eigenvalue weighted by Gasteiger charge is -2.13. The SMILES string of the molecule is COCC(=O)Oc1cc2ncnc(Nc3cccc(C)c3)c2cc1OC. The van der Waals surface area contributed by atoms with Gasteiger partial charge in [0.2, 0.25) is 0 Å². The van der Waals surface area contributed by atoms with E-state index in [1.165, 1.54) is 20.5 Å². The van der Waals surface area contributed by atoms with E-state index in [0.717, 1.165) is 16.6 Å². The maximum Gasteiger partial charge on any atom is 0.337 e. The number of nitrogens with one attached hydrogen (secondary N) is 1. The van der Waals surface area contributed by atoms with Crippen LogP contribution in [0, 0.1) is 6.92 Å². The average Bonchev–Trinajstić information content (AvgIpc) is 2.61. The molecule has 134 valence electrons. The summed E-state index contributed by atoms with van der Waals surface area (Å²) in [6, 6.07) is 11.3. The Balaban J connectivity index is 2.00. The van der Waals surface area contributed by atoms with Crippen molar-refractivity contribution in [2.75, 3.05) is 26.1 Å². The van der Waals surface area contributed by atoms with E-state index in [9.17, 15) is 4.79 Å². The van der Waals surface area contributed by atoms with Gasteiger partial charge in [-0.1, -0.05) is 12.1 Å². The molecule has 0 atom stereocenters. The largest absolute Gasteiger partial charge is 0.493 e. The number of nitrogens with zero attached hydrogens (tertiary/aromatic N) is 2. The highest BCUT2D eigenvalue weighted by molar-refractivity contribution is 5.93. The van der Waals surface area contributed by atoms with Crippen LogP contribution in [-0.4, -0.2) is 36.8 Å². The summed E-state index contributed by atoms with van der Waals surface area (Å²) >= 11 is 0. The molecule has 7 heteroatoms. The molecule has 26 heavy (non-hydrogen) atoms. The molecule has 0 aliphatic rings. The van der Waals surface area contributed by atoms with Gasteiger partial charge in [-0.3, -0.25) is 0 Å². The third kappa shape index (κ3) is 3.89. The van der Waals surface area contributed by atoms with Crippen LogP contribution in [-0.2, 0) is 9.53 Å². The van der Waals surface area contributed by atoms with Crippen molar-refractivity contribution in [2.45, 2.75) is 6.92 Å². The molecule has 3 rings (SSSR count). The van der Waals surface area contributed by atoms with Gasteiger partial charge in [0.25, 0.3) is 0 Å². The molecule has 0 amide bonds. The Kier molecular flexibility index (Phi) is 5.28. The van der Waals surface area contributed by atoms with E-state index in [1.807, 2.05) is 31.2 Å². The number of hydrogen-bond acceptors (Lipinski definition) is 7. The van der Waals surface area contributed by atoms with Crippen molar-refractivity contribution in [3.05, 3.63) is 48.3 Å². The Hall–Kier alpha value is -3.19. The van der Waals surface area contributed by atoms with Gasteiger partial charge in [0.05, 0.1) is 12.6 Å². The Morgan fingerprint density at radius 1 is 1.12 bits per heavy atom. The van der Waals surface area contributed by atoms with Crippen LogP contribution >= 0.6 is 0 Å². The van der Waals surface area contributed by atoms with E-state index < -0.39 is 5.97 Å². The van der Waals surface area contributed by atoms with Crippen LogP contribution in [0.15, 0.2) is 42.7 Å². The molecule has 0 saturated carbocycles. The number of rotatable bonds is 6. The van der Waals surface area contributed by atoms with E-state index in [-0.39, 0.29) is 12.4 Å². The second-order valence-electron chi connectivity index (χ2n) is 5.64. The first-order valence-electron chi connectivity index (χ1n) is 7.96. The monoisotopic (exact) mass is 353 g/mol. The minimum absolute atomic E-state index is 0.148. The fraction of sp³-hybridized carbons (Fsp3) is 0.211. The highest BCUT2D eigenvalue weighted by Gasteiger charge is 2.14. The molecular formula is C19H19N3O4. The molecule has 3 aromatic rings. The maximum absolute atomic E-state index is 11.7. The number of carbonyl (C=O) groups excluding carboxylic acids is 1. The molecule has 0 fully saturated rings. The summed E-state index contributed by atoms with van der Waals surface area (Å²) in [6.45, 7) is 1.87. The maximum atomic E-state index is 11.7. The lowest BCUT2D eigenvalue weighted by molar-refractivity contribution is -0.138. The van der Waals surface area contributed by atoms with Gasteiger partial charge in [-0.25, -0.2) is 14.8 Å². The van der Waals surface area contributed by atoms with Gasteiger partial charge in [-0.2, -0.15) is 0 Å². The van der Waals surface area contributed by atoms with Crippen LogP contribution in [0.1, 0.15) is 5.56 Å². The molecule has 1 heterocycles. The van der Waals surface area contributed by atoms with Crippen LogP contribution < -0.4 is 14.8 Å². The van der Waals surface area contributed by atoms with Crippen molar-refractivity contribution in [3.8, 4) is 11.5 Å². The Labute approximate surface area is 150 Å². The van der Waals surface area contributed by atoms with Crippen LogP contribution in [0.4, 0.5) is 11.5 Å². The highest BCUT2D eigenvalue weighted by Crippen LogP contribution is 2.34. The molecule has 0 bridgehead atoms. The topological polar surface area (TPSA) is 82.6 Å². The van der Waals surface area contributed by atoms with Gasteiger partial charge in [-0.15, -0.1) is 0 Å². The zero-order chi connectivity index (χ0) is 18.5. The van der Waals surface area contributed by atoms with Crippen molar-refractivity contribution in [1.29, 1.82) is 0 Å². The lowest BCUT2D eigenvalue weighted by atomic mass is 10.2. The van der Waals surface area contributed by atoms with E-state index in [2.05, 4.69) is 15.3 Å². The molecule has 0 spiro atoms. The molecule has 2 aromatic carbocycles. The molecule has 7 nitrogen and oxygen atoms in total. The summed E-state index contributed by atoms with van der Waals surface area (Å²) < 4.78 is 15.4. The van der Waals surface area contributed by atoms with E-state index in [0.29, 0.717) is 17.1 Å². The van der Waals surface area contributed by atoms with Gasteiger partial charge in [0, 0.05) is 24.2 Å². The average molecular weight is 353 g/mol. The van der Waals surface area contributed by atoms with Gasteiger partial charge < -0.3 is 19.5 Å². The van der Waals surface area contributed by atoms with Crippen molar-refractivity contribution in [3.63, 3.8) is 0 Å². The fourth-order valence-corrected chi connectivity index (χ4v) is 2.53. The number of ether oxygens (including phenoxy) is 3. The van der Waals surface area contributed by atoms with Crippen molar-refractivity contribution in [2.24, 2.45) is 0 Å². The molecule has 1 N–H and O–H groups in total. The summed E-state index contributed by atoms with van der Waals surface area (Å²) in [4.78, 5) is 20.3. The quantitative estimate of drug-likeness (QED) is 0.538. The lowest BCUT2D eigenvalue weighted by Crippen LogP contribution is -2.14. The predicted octanol–water partition coefficient (Wildman–Crippen LogP) is 3.24. The van der Waals surface area contributed by atoms with Crippen molar-refractivity contribution < 1.29 is 19.0 Å². The number of anilines is 2. The van der Waals surface area contributed by atoms with Crippen LogP contribution in [0.3, 0.4) is 0 Å². The molecule has 0 aliphatic heterocycles. The predicted molar refractivity (Wildman–Crippen MR) is 98.1 cm³/mol. The normalized spacial score (nSPS) is 10.6. The van der Waals surface area contributed by atoms with E-state index >= 15 is 0 Å². The third-order valence-corrected chi connectivity index (χ3v) is 3.69. The molecule has 0 radical (unpaired) electrons. The summed E-state index contributed by atoms with van der Waals surface area (Å²) in [5.41, 5.74) is 2.68. The first-order valence-corrected chi connectivity index (χ1v) is 7.96. The van der Waals surface area contributed by atoms with Crippen molar-refractivity contribution in [1.82, 2.24) is 9.97 Å². The minimum atomic E-state index is -0.516. The zero-order valence-electron chi connectivity index (χ0n) is 14.8. The number of aryl methyl sites for hydroxylation is 1. The summed E-state index contributed by atoms with van der Waals surface area (Å²) in [5, 5.41) is 4.03. The summed E-state index contributed by atoms with van der Waals surface area (Å²) in [5.74, 6) is 0.803. The van der Waals surface area contributed by atoms with Gasteiger partial charge in [-0.05, 0) is 30.7 Å². The number of benzene rings is 2. The first kappa shape index (κ1) is 17.6.